The molecule has 1 aromatic heterocycles. The molecular formula is C36H50N6O7S2. The minimum absolute atomic E-state index is 0.0464. The molecule has 1 aliphatic rings. The Morgan fingerprint density at radius 2 is 1.73 bits per heavy atom. The summed E-state index contributed by atoms with van der Waals surface area (Å²) in [5, 5.41) is 20.1. The molecule has 2 heterocycles. The van der Waals surface area contributed by atoms with Gasteiger partial charge in [0, 0.05) is 38.5 Å². The number of benzene rings is 2. The number of carbonyl (C=O) groups excluding carboxylic acids is 3. The number of carbonyl (C=O) groups is 3. The highest BCUT2D eigenvalue weighted by molar-refractivity contribution is 7.89. The van der Waals surface area contributed by atoms with E-state index >= 15 is 0 Å². The fourth-order valence-corrected chi connectivity index (χ4v) is 8.39. The van der Waals surface area contributed by atoms with Crippen LogP contribution in [0.1, 0.15) is 50.9 Å². The maximum absolute atomic E-state index is 14.1. The number of aliphatic hydroxyl groups excluding tert-OH is 1. The van der Waals surface area contributed by atoms with Gasteiger partial charge < -0.3 is 30.3 Å². The fourth-order valence-electron chi connectivity index (χ4n) is 6.04. The molecule has 0 spiro atoms. The number of methoxy groups -OCH3 is 1. The summed E-state index contributed by atoms with van der Waals surface area (Å²) in [5.74, 6) is -0.375. The Hall–Kier alpha value is -4.05. The van der Waals surface area contributed by atoms with Crippen LogP contribution in [-0.4, -0.2) is 102 Å². The summed E-state index contributed by atoms with van der Waals surface area (Å²) in [7, 11) is -2.51. The quantitative estimate of drug-likeness (QED) is 0.179. The predicted octanol–water partition coefficient (Wildman–Crippen LogP) is 3.49. The summed E-state index contributed by atoms with van der Waals surface area (Å²) >= 11 is 1.40. The van der Waals surface area contributed by atoms with Crippen LogP contribution in [0.2, 0.25) is 0 Å². The molecule has 0 bridgehead atoms. The lowest BCUT2D eigenvalue weighted by atomic mass is 9.97. The summed E-state index contributed by atoms with van der Waals surface area (Å²) in [6, 6.07) is 13.4. The lowest BCUT2D eigenvalue weighted by Gasteiger charge is -2.34. The summed E-state index contributed by atoms with van der Waals surface area (Å²) in [6.07, 6.45) is -1.04. The van der Waals surface area contributed by atoms with E-state index in [4.69, 9.17) is 4.74 Å². The van der Waals surface area contributed by atoms with Gasteiger partial charge in [-0.05, 0) is 48.1 Å². The maximum Gasteiger partial charge on any atom is 0.321 e. The number of aromatic nitrogens is 1. The second-order valence-corrected chi connectivity index (χ2v) is 16.4. The van der Waals surface area contributed by atoms with Crippen LogP contribution in [0.3, 0.4) is 0 Å². The van der Waals surface area contributed by atoms with Crippen molar-refractivity contribution in [3.8, 4) is 5.75 Å². The largest absolute Gasteiger partial charge is 0.497 e. The van der Waals surface area contributed by atoms with Crippen molar-refractivity contribution in [3.05, 3.63) is 76.2 Å². The van der Waals surface area contributed by atoms with E-state index in [1.807, 2.05) is 63.4 Å². The van der Waals surface area contributed by atoms with Crippen molar-refractivity contribution in [2.75, 3.05) is 33.3 Å². The van der Waals surface area contributed by atoms with Crippen molar-refractivity contribution in [1.29, 1.82) is 0 Å². The van der Waals surface area contributed by atoms with Gasteiger partial charge in [-0.15, -0.1) is 11.3 Å². The predicted molar refractivity (Wildman–Crippen MR) is 195 cm³/mol. The van der Waals surface area contributed by atoms with E-state index in [0.717, 1.165) is 10.6 Å². The van der Waals surface area contributed by atoms with E-state index in [1.165, 1.54) is 41.8 Å². The Labute approximate surface area is 305 Å². The molecule has 0 saturated carbocycles. The Morgan fingerprint density at radius 3 is 2.33 bits per heavy atom. The van der Waals surface area contributed by atoms with Gasteiger partial charge in [-0.2, -0.15) is 4.31 Å². The molecule has 51 heavy (non-hydrogen) atoms. The number of rotatable bonds is 18. The summed E-state index contributed by atoms with van der Waals surface area (Å²) in [4.78, 5) is 46.9. The van der Waals surface area contributed by atoms with E-state index in [2.05, 4.69) is 15.6 Å². The van der Waals surface area contributed by atoms with Crippen molar-refractivity contribution in [1.82, 2.24) is 29.7 Å². The number of thiazole rings is 1. The summed E-state index contributed by atoms with van der Waals surface area (Å²) < 4.78 is 34.2. The van der Waals surface area contributed by atoms with Gasteiger partial charge in [-0.25, -0.2) is 18.2 Å². The average molecular weight is 743 g/mol. The molecule has 2 aromatic carbocycles. The molecule has 1 aliphatic heterocycles. The fraction of sp³-hybridized carbons (Fsp3) is 0.500. The number of nitrogens with zero attached hydrogens (tertiary/aromatic N) is 4. The molecule has 0 radical (unpaired) electrons. The number of aliphatic hydroxyl groups is 1. The Balaban J connectivity index is 1.53. The molecule has 0 unspecified atom stereocenters. The second kappa shape index (κ2) is 17.9. The van der Waals surface area contributed by atoms with Crippen LogP contribution in [0.5, 0.6) is 5.75 Å². The lowest BCUT2D eigenvalue weighted by molar-refractivity contribution is -0.128. The van der Waals surface area contributed by atoms with Gasteiger partial charge in [-0.1, -0.05) is 58.0 Å². The maximum atomic E-state index is 14.1. The van der Waals surface area contributed by atoms with Gasteiger partial charge in [0.1, 0.15) is 16.8 Å². The number of nitrogens with one attached hydrogen (secondary N) is 2. The summed E-state index contributed by atoms with van der Waals surface area (Å²) in [6.45, 7) is 10.2. The Morgan fingerprint density at radius 1 is 1.04 bits per heavy atom. The molecule has 15 heteroatoms. The van der Waals surface area contributed by atoms with Crippen LogP contribution in [0.15, 0.2) is 64.9 Å². The minimum Gasteiger partial charge on any atom is -0.497 e. The van der Waals surface area contributed by atoms with Crippen molar-refractivity contribution < 1.29 is 32.6 Å². The average Bonchev–Trinajstić information content (AvgIpc) is 3.69. The highest BCUT2D eigenvalue weighted by Gasteiger charge is 2.40. The minimum atomic E-state index is -4.02. The Bertz CT molecular complexity index is 1720. The Kier molecular flexibility index (Phi) is 14.0. The van der Waals surface area contributed by atoms with Crippen molar-refractivity contribution in [3.63, 3.8) is 0 Å². The normalized spacial score (nSPS) is 15.4. The van der Waals surface area contributed by atoms with Crippen molar-refractivity contribution in [2.24, 2.45) is 11.8 Å². The van der Waals surface area contributed by atoms with Crippen LogP contribution in [-0.2, 0) is 39.1 Å². The third kappa shape index (κ3) is 10.7. The standard InChI is InChI=1S/C36H50N6O7S2/c1-24(2)20-41(51(47,48)30-14-12-29(49-6)13-15-30)22-32(44)31(18-27-10-8-7-9-11-27)39-35(45)34(25(3)4)42-17-16-40(36(42)46)21-28-23-50-33(38-28)19-37-26(5)43/h7-15,23-25,31-32,34,44H,16-22H2,1-6H3,(H,37,43)(H,39,45)/t31-,32-,34-/m0/s1. The number of sulfonamides is 1. The molecule has 3 aromatic rings. The van der Waals surface area contributed by atoms with Crippen LogP contribution < -0.4 is 15.4 Å². The first-order valence-corrected chi connectivity index (χ1v) is 19.4. The van der Waals surface area contributed by atoms with E-state index in [9.17, 15) is 27.9 Å². The molecule has 4 amide bonds. The molecule has 0 aliphatic carbocycles. The number of hydrogen-bond acceptors (Lipinski definition) is 9. The molecule has 278 valence electrons. The van der Waals surface area contributed by atoms with E-state index in [-0.39, 0.29) is 54.7 Å². The third-order valence-electron chi connectivity index (χ3n) is 8.55. The molecule has 1 fully saturated rings. The van der Waals surface area contributed by atoms with Gasteiger partial charge in [0.15, 0.2) is 0 Å². The van der Waals surface area contributed by atoms with Gasteiger partial charge in [-0.3, -0.25) is 9.59 Å². The molecule has 4 rings (SSSR count). The van der Waals surface area contributed by atoms with Gasteiger partial charge in [0.05, 0.1) is 42.9 Å². The van der Waals surface area contributed by atoms with Crippen molar-refractivity contribution in [2.45, 2.75) is 77.2 Å². The first-order chi connectivity index (χ1) is 24.2. The third-order valence-corrected chi connectivity index (χ3v) is 11.3. The summed E-state index contributed by atoms with van der Waals surface area (Å²) in [5.41, 5.74) is 1.55. The monoisotopic (exact) mass is 742 g/mol. The van der Waals surface area contributed by atoms with Crippen LogP contribution in [0, 0.1) is 11.8 Å². The van der Waals surface area contributed by atoms with Crippen LogP contribution in [0.25, 0.3) is 0 Å². The number of urea groups is 1. The van der Waals surface area contributed by atoms with Gasteiger partial charge >= 0.3 is 6.03 Å². The highest BCUT2D eigenvalue weighted by Crippen LogP contribution is 2.24. The zero-order chi connectivity index (χ0) is 37.3. The number of amides is 4. The first-order valence-electron chi connectivity index (χ1n) is 17.1. The SMILES string of the molecule is COc1ccc(S(=O)(=O)N(CC(C)C)C[C@H](O)[C@H](Cc2ccccc2)NC(=O)[C@H](C(C)C)N2CCN(Cc3csc(CNC(C)=O)n3)C2=O)cc1. The van der Waals surface area contributed by atoms with Crippen molar-refractivity contribution >= 4 is 39.2 Å². The lowest BCUT2D eigenvalue weighted by Crippen LogP contribution is -2.57. The highest BCUT2D eigenvalue weighted by atomic mass is 32.2. The van der Waals surface area contributed by atoms with Crippen LogP contribution in [0.4, 0.5) is 4.79 Å². The van der Waals surface area contributed by atoms with E-state index in [0.29, 0.717) is 31.1 Å². The first kappa shape index (κ1) is 39.7. The molecule has 1 saturated heterocycles. The molecule has 3 atom stereocenters. The second-order valence-electron chi connectivity index (χ2n) is 13.5. The zero-order valence-corrected chi connectivity index (χ0v) is 31.7. The van der Waals surface area contributed by atoms with Gasteiger partial charge in [0.2, 0.25) is 21.8 Å². The number of ether oxygens (including phenoxy) is 1. The topological polar surface area (TPSA) is 161 Å². The van der Waals surface area contributed by atoms with E-state index in [1.54, 1.807) is 21.9 Å². The molecule has 13 nitrogen and oxygen atoms in total. The van der Waals surface area contributed by atoms with Gasteiger partial charge in [0.25, 0.3) is 0 Å². The zero-order valence-electron chi connectivity index (χ0n) is 30.1. The molecular weight excluding hydrogens is 693 g/mol. The van der Waals surface area contributed by atoms with Crippen LogP contribution >= 0.6 is 11.3 Å². The smallest absolute Gasteiger partial charge is 0.321 e. The van der Waals surface area contributed by atoms with E-state index < -0.39 is 34.1 Å². The molecule has 3 N–H and O–H groups in total. The number of hydrogen-bond donors (Lipinski definition) is 3.